The van der Waals surface area contributed by atoms with Crippen molar-refractivity contribution in [3.05, 3.63) is 59.3 Å². The van der Waals surface area contributed by atoms with Crippen molar-refractivity contribution in [2.75, 3.05) is 0 Å². The van der Waals surface area contributed by atoms with Crippen LogP contribution in [-0.4, -0.2) is 32.2 Å². The van der Waals surface area contributed by atoms with Gasteiger partial charge >= 0.3 is 5.97 Å². The van der Waals surface area contributed by atoms with Crippen molar-refractivity contribution in [3.63, 3.8) is 0 Å². The van der Waals surface area contributed by atoms with Crippen LogP contribution in [0.5, 0.6) is 0 Å². The molecule has 1 aromatic carbocycles. The van der Waals surface area contributed by atoms with E-state index in [9.17, 15) is 4.79 Å². The summed E-state index contributed by atoms with van der Waals surface area (Å²) in [6, 6.07) is 8.11. The summed E-state index contributed by atoms with van der Waals surface area (Å²) in [5, 5.41) is 20.4. The minimum atomic E-state index is -1.07. The molecule has 0 unspecified atom stereocenters. The van der Waals surface area contributed by atoms with Gasteiger partial charge in [0.15, 0.2) is 0 Å². The highest BCUT2D eigenvalue weighted by molar-refractivity contribution is 6.33. The van der Waals surface area contributed by atoms with Gasteiger partial charge in [0, 0.05) is 5.56 Å². The first kappa shape index (κ1) is 14.0. The molecule has 8 heteroatoms. The molecule has 0 amide bonds. The van der Waals surface area contributed by atoms with Crippen LogP contribution in [0.4, 0.5) is 0 Å². The summed E-state index contributed by atoms with van der Waals surface area (Å²) in [4.78, 5) is 10.9. The van der Waals surface area contributed by atoms with Crippen molar-refractivity contribution < 1.29 is 14.3 Å². The number of hydrogen-bond acceptors (Lipinski definition) is 5. The largest absolute Gasteiger partial charge is 0.478 e. The van der Waals surface area contributed by atoms with Gasteiger partial charge in [0.1, 0.15) is 24.2 Å². The molecule has 7 nitrogen and oxygen atoms in total. The Balaban J connectivity index is 1.84. The van der Waals surface area contributed by atoms with Gasteiger partial charge in [-0.2, -0.15) is 5.10 Å². The normalized spacial score (nSPS) is 11.1. The van der Waals surface area contributed by atoms with Gasteiger partial charge in [-0.25, -0.2) is 9.47 Å². The van der Waals surface area contributed by atoms with Crippen molar-refractivity contribution >= 4 is 23.8 Å². The molecule has 0 saturated heterocycles. The zero-order valence-electron chi connectivity index (χ0n) is 11.0. The second kappa shape index (κ2) is 5.82. The van der Waals surface area contributed by atoms with Crippen LogP contribution in [0.3, 0.4) is 0 Å². The summed E-state index contributed by atoms with van der Waals surface area (Å²) in [6.07, 6.45) is 4.41. The summed E-state index contributed by atoms with van der Waals surface area (Å²) in [7, 11) is 0. The molecule has 0 bridgehead atoms. The van der Waals surface area contributed by atoms with Crippen molar-refractivity contribution in [2.45, 2.75) is 0 Å². The number of furan rings is 1. The van der Waals surface area contributed by atoms with Gasteiger partial charge in [-0.05, 0) is 24.3 Å². The number of aromatic nitrogens is 3. The molecule has 0 atom stereocenters. The molecule has 2 heterocycles. The molecular weight excluding hydrogens is 308 g/mol. The van der Waals surface area contributed by atoms with Crippen LogP contribution in [0.15, 0.2) is 52.5 Å². The topological polar surface area (TPSA) is 93.5 Å². The first-order valence-electron chi connectivity index (χ1n) is 6.15. The Morgan fingerprint density at radius 1 is 1.27 bits per heavy atom. The molecule has 3 rings (SSSR count). The maximum absolute atomic E-state index is 10.9. The summed E-state index contributed by atoms with van der Waals surface area (Å²) < 4.78 is 7.05. The van der Waals surface area contributed by atoms with E-state index < -0.39 is 5.97 Å². The van der Waals surface area contributed by atoms with E-state index in [2.05, 4.69) is 15.3 Å². The number of aromatic carboxylic acids is 1. The van der Waals surface area contributed by atoms with Crippen LogP contribution >= 0.6 is 11.6 Å². The molecule has 22 heavy (non-hydrogen) atoms. The Morgan fingerprint density at radius 2 is 2.05 bits per heavy atom. The highest BCUT2D eigenvalue weighted by atomic mass is 35.5. The summed E-state index contributed by atoms with van der Waals surface area (Å²) in [5.41, 5.74) is 0.727. The predicted octanol–water partition coefficient (Wildman–Crippen LogP) is 2.77. The lowest BCUT2D eigenvalue weighted by Gasteiger charge is -2.01. The summed E-state index contributed by atoms with van der Waals surface area (Å²) >= 11 is 5.94. The average Bonchev–Trinajstić information content (AvgIpc) is 3.16. The number of rotatable bonds is 4. The van der Waals surface area contributed by atoms with Gasteiger partial charge in [-0.3, -0.25) is 0 Å². The molecule has 2 aromatic heterocycles. The van der Waals surface area contributed by atoms with E-state index in [1.165, 1.54) is 29.6 Å². The Labute approximate surface area is 129 Å². The quantitative estimate of drug-likeness (QED) is 0.747. The van der Waals surface area contributed by atoms with Crippen LogP contribution in [-0.2, 0) is 0 Å². The smallest absolute Gasteiger partial charge is 0.337 e. The number of carboxylic acid groups (broad SMARTS) is 1. The Bertz CT molecular complexity index is 840. The van der Waals surface area contributed by atoms with E-state index >= 15 is 0 Å². The Morgan fingerprint density at radius 3 is 2.73 bits per heavy atom. The lowest BCUT2D eigenvalue weighted by molar-refractivity contribution is 0.0697. The fourth-order valence-electron chi connectivity index (χ4n) is 1.80. The molecule has 0 aliphatic heterocycles. The Hall–Kier alpha value is -2.93. The molecule has 0 spiro atoms. The molecule has 3 aromatic rings. The van der Waals surface area contributed by atoms with E-state index in [0.29, 0.717) is 17.1 Å². The number of nitrogens with zero attached hydrogens (tertiary/aromatic N) is 4. The molecule has 0 aliphatic rings. The highest BCUT2D eigenvalue weighted by Gasteiger charge is 2.11. The molecule has 110 valence electrons. The number of hydrogen-bond donors (Lipinski definition) is 1. The summed E-state index contributed by atoms with van der Waals surface area (Å²) in [5.74, 6) is 0.0175. The second-order valence-corrected chi connectivity index (χ2v) is 4.70. The van der Waals surface area contributed by atoms with Crippen molar-refractivity contribution in [1.29, 1.82) is 0 Å². The predicted molar refractivity (Wildman–Crippen MR) is 79.1 cm³/mol. The van der Waals surface area contributed by atoms with Gasteiger partial charge in [0.25, 0.3) is 0 Å². The number of halogens is 1. The minimum Gasteiger partial charge on any atom is -0.478 e. The number of carboxylic acids is 1. The third-order valence-corrected chi connectivity index (χ3v) is 3.15. The number of carbonyl (C=O) groups is 1. The molecule has 0 fully saturated rings. The average molecular weight is 317 g/mol. The van der Waals surface area contributed by atoms with Gasteiger partial charge < -0.3 is 9.52 Å². The van der Waals surface area contributed by atoms with E-state index in [0.717, 1.165) is 0 Å². The minimum absolute atomic E-state index is 0.0476. The second-order valence-electron chi connectivity index (χ2n) is 4.29. The van der Waals surface area contributed by atoms with Gasteiger partial charge in [0.05, 0.1) is 16.8 Å². The van der Waals surface area contributed by atoms with Crippen LogP contribution in [0.25, 0.3) is 11.3 Å². The fourth-order valence-corrected chi connectivity index (χ4v) is 2.06. The lowest BCUT2D eigenvalue weighted by Crippen LogP contribution is -1.96. The van der Waals surface area contributed by atoms with Crippen LogP contribution < -0.4 is 0 Å². The maximum atomic E-state index is 10.9. The SMILES string of the molecule is O=C(O)c1ccc(-c2ccc(C=Nn3cnnc3)o2)cc1Cl. The van der Waals surface area contributed by atoms with Crippen molar-refractivity contribution in [1.82, 2.24) is 14.9 Å². The third-order valence-electron chi connectivity index (χ3n) is 2.84. The van der Waals surface area contributed by atoms with Crippen LogP contribution in [0.2, 0.25) is 5.02 Å². The van der Waals surface area contributed by atoms with Crippen molar-refractivity contribution in [2.24, 2.45) is 5.10 Å². The van der Waals surface area contributed by atoms with Gasteiger partial charge in [-0.15, -0.1) is 10.2 Å². The first-order valence-corrected chi connectivity index (χ1v) is 6.53. The number of benzene rings is 1. The van der Waals surface area contributed by atoms with E-state index in [4.69, 9.17) is 21.1 Å². The standard InChI is InChI=1S/C14H9ClN4O3/c15-12-5-9(1-3-11(12)14(20)21)13-4-2-10(22-13)6-18-19-7-16-17-8-19/h1-8H,(H,20,21). The maximum Gasteiger partial charge on any atom is 0.337 e. The fraction of sp³-hybridized carbons (Fsp3) is 0. The monoisotopic (exact) mass is 316 g/mol. The zero-order chi connectivity index (χ0) is 15.5. The first-order chi connectivity index (χ1) is 10.6. The molecule has 0 radical (unpaired) electrons. The van der Waals surface area contributed by atoms with E-state index in [-0.39, 0.29) is 10.6 Å². The molecule has 0 aliphatic carbocycles. The van der Waals surface area contributed by atoms with Crippen LogP contribution in [0.1, 0.15) is 16.1 Å². The molecular formula is C14H9ClN4O3. The Kier molecular flexibility index (Phi) is 3.71. The zero-order valence-corrected chi connectivity index (χ0v) is 11.8. The highest BCUT2D eigenvalue weighted by Crippen LogP contribution is 2.27. The van der Waals surface area contributed by atoms with Crippen LogP contribution in [0, 0.1) is 0 Å². The van der Waals surface area contributed by atoms with Crippen molar-refractivity contribution in [3.8, 4) is 11.3 Å². The van der Waals surface area contributed by atoms with Gasteiger partial charge in [-0.1, -0.05) is 17.7 Å². The van der Waals surface area contributed by atoms with E-state index in [1.807, 2.05) is 0 Å². The molecule has 0 saturated carbocycles. The van der Waals surface area contributed by atoms with Gasteiger partial charge in [0.2, 0.25) is 0 Å². The third kappa shape index (κ3) is 2.89. The lowest BCUT2D eigenvalue weighted by atomic mass is 10.1. The molecule has 1 N–H and O–H groups in total. The summed E-state index contributed by atoms with van der Waals surface area (Å²) in [6.45, 7) is 0. The van der Waals surface area contributed by atoms with E-state index in [1.54, 1.807) is 24.3 Å².